The zero-order chi connectivity index (χ0) is 45.2. The van der Waals surface area contributed by atoms with Crippen LogP contribution in [0.5, 0.6) is 0 Å². The lowest BCUT2D eigenvalue weighted by Gasteiger charge is -2.27. The molecule has 62 heavy (non-hydrogen) atoms. The van der Waals surface area contributed by atoms with Crippen molar-refractivity contribution < 1.29 is 25.2 Å². The number of unbranched alkanes of at least 4 members (excludes halogenated alkanes) is 29. The second-order valence-corrected chi connectivity index (χ2v) is 18.2. The van der Waals surface area contributed by atoms with E-state index in [0.29, 0.717) is 19.3 Å². The molecule has 6 nitrogen and oxygen atoms in total. The Balaban J connectivity index is 3.71. The monoisotopic (exact) mass is 870 g/mol. The maximum atomic E-state index is 12.6. The molecule has 0 aliphatic rings. The summed E-state index contributed by atoms with van der Waals surface area (Å²) in [5, 5.41) is 43.8. The predicted octanol–water partition coefficient (Wildman–Crippen LogP) is 15.2. The summed E-state index contributed by atoms with van der Waals surface area (Å²) in [7, 11) is 0. The second kappa shape index (κ2) is 50.0. The van der Waals surface area contributed by atoms with E-state index in [9.17, 15) is 25.2 Å². The number of rotatable bonds is 48. The summed E-state index contributed by atoms with van der Waals surface area (Å²) in [5.74, 6) is -0.601. The summed E-state index contributed by atoms with van der Waals surface area (Å²) in [5.41, 5.74) is 0. The number of aliphatic hydroxyl groups is 4. The van der Waals surface area contributed by atoms with Crippen molar-refractivity contribution >= 4 is 5.91 Å². The van der Waals surface area contributed by atoms with Crippen LogP contribution in [0.2, 0.25) is 0 Å². The Bertz CT molecular complexity index is 1070. The number of aliphatic hydroxyl groups excluding tert-OH is 4. The highest BCUT2D eigenvalue weighted by molar-refractivity contribution is 5.80. The zero-order valence-electron chi connectivity index (χ0n) is 40.9. The average Bonchev–Trinajstić information content (AvgIpc) is 3.28. The van der Waals surface area contributed by atoms with Gasteiger partial charge < -0.3 is 25.7 Å². The van der Waals surface area contributed by atoms with Crippen LogP contribution in [0, 0.1) is 0 Å². The Morgan fingerprint density at radius 3 is 1.11 bits per heavy atom. The van der Waals surface area contributed by atoms with Crippen molar-refractivity contribution in [1.82, 2.24) is 5.32 Å². The van der Waals surface area contributed by atoms with Crippen molar-refractivity contribution in [1.29, 1.82) is 0 Å². The minimum atomic E-state index is -1.30. The summed E-state index contributed by atoms with van der Waals surface area (Å²) >= 11 is 0. The van der Waals surface area contributed by atoms with Gasteiger partial charge in [0.1, 0.15) is 12.2 Å². The lowest BCUT2D eigenvalue weighted by atomic mass is 10.00. The molecule has 5 N–H and O–H groups in total. The van der Waals surface area contributed by atoms with E-state index in [1.807, 2.05) is 0 Å². The van der Waals surface area contributed by atoms with Gasteiger partial charge >= 0.3 is 0 Å². The van der Waals surface area contributed by atoms with Gasteiger partial charge in [-0.05, 0) is 96.3 Å². The Labute approximate surface area is 384 Å². The topological polar surface area (TPSA) is 110 Å². The van der Waals surface area contributed by atoms with Gasteiger partial charge in [-0.15, -0.1) is 0 Å². The maximum absolute atomic E-state index is 12.6. The van der Waals surface area contributed by atoms with Crippen molar-refractivity contribution in [2.45, 2.75) is 282 Å². The summed E-state index contributed by atoms with van der Waals surface area (Å²) in [6, 6.07) is -1.01. The minimum Gasteiger partial charge on any atom is -0.394 e. The third kappa shape index (κ3) is 43.3. The fraction of sp³-hybridized carbons (Fsp3) is 0.804. The van der Waals surface area contributed by atoms with E-state index in [4.69, 9.17) is 0 Å². The van der Waals surface area contributed by atoms with Crippen LogP contribution in [0.25, 0.3) is 0 Å². The molecule has 0 spiro atoms. The molecule has 0 bridgehead atoms. The highest BCUT2D eigenvalue weighted by atomic mass is 16.3. The summed E-state index contributed by atoms with van der Waals surface area (Å²) in [6.07, 6.45) is 64.2. The first kappa shape index (κ1) is 60.0. The van der Waals surface area contributed by atoms with Crippen LogP contribution < -0.4 is 5.32 Å². The average molecular weight is 870 g/mol. The molecule has 0 radical (unpaired) electrons. The van der Waals surface area contributed by atoms with Gasteiger partial charge in [0.2, 0.25) is 5.91 Å². The van der Waals surface area contributed by atoms with Crippen LogP contribution in [0.3, 0.4) is 0 Å². The van der Waals surface area contributed by atoms with E-state index in [-0.39, 0.29) is 0 Å². The number of carbonyl (C=O) groups is 1. The number of allylic oxidation sites excluding steroid dienone is 10. The normalized spacial score (nSPS) is 14.4. The Morgan fingerprint density at radius 1 is 0.403 bits per heavy atom. The molecule has 4 atom stereocenters. The summed E-state index contributed by atoms with van der Waals surface area (Å²) < 4.78 is 0. The number of nitrogens with one attached hydrogen (secondary N) is 1. The molecule has 0 aliphatic carbocycles. The quantitative estimate of drug-likeness (QED) is 0.0309. The zero-order valence-corrected chi connectivity index (χ0v) is 40.9. The van der Waals surface area contributed by atoms with Crippen molar-refractivity contribution in [2.75, 3.05) is 6.61 Å². The largest absolute Gasteiger partial charge is 0.394 e. The minimum absolute atomic E-state index is 0.355. The summed E-state index contributed by atoms with van der Waals surface area (Å²) in [4.78, 5) is 12.6. The second-order valence-electron chi connectivity index (χ2n) is 18.2. The molecular weight excluding hydrogens is 767 g/mol. The van der Waals surface area contributed by atoms with Gasteiger partial charge in [0.25, 0.3) is 0 Å². The van der Waals surface area contributed by atoms with E-state index in [1.54, 1.807) is 0 Å². The van der Waals surface area contributed by atoms with Crippen LogP contribution in [0.4, 0.5) is 0 Å². The number of amides is 1. The third-order valence-corrected chi connectivity index (χ3v) is 12.2. The molecule has 6 heteroatoms. The first-order valence-electron chi connectivity index (χ1n) is 26.7. The summed E-state index contributed by atoms with van der Waals surface area (Å²) in [6.45, 7) is 4.03. The van der Waals surface area contributed by atoms with Gasteiger partial charge in [-0.25, -0.2) is 0 Å². The molecule has 0 rings (SSSR count). The van der Waals surface area contributed by atoms with E-state index < -0.39 is 36.9 Å². The van der Waals surface area contributed by atoms with Crippen LogP contribution in [-0.4, -0.2) is 57.3 Å². The highest BCUT2D eigenvalue weighted by Crippen LogP contribution is 2.16. The van der Waals surface area contributed by atoms with E-state index in [0.717, 1.165) is 57.8 Å². The molecule has 0 saturated carbocycles. The first-order chi connectivity index (χ1) is 30.5. The van der Waals surface area contributed by atoms with E-state index in [2.05, 4.69) is 79.9 Å². The van der Waals surface area contributed by atoms with Crippen LogP contribution in [0.1, 0.15) is 258 Å². The highest BCUT2D eigenvalue weighted by Gasteiger charge is 2.28. The van der Waals surface area contributed by atoms with Gasteiger partial charge in [-0.1, -0.05) is 222 Å². The Morgan fingerprint density at radius 2 is 0.726 bits per heavy atom. The predicted molar refractivity (Wildman–Crippen MR) is 270 cm³/mol. The van der Waals surface area contributed by atoms with Crippen LogP contribution in [-0.2, 0) is 4.79 Å². The Kier molecular flexibility index (Phi) is 48.4. The number of hydrogen-bond donors (Lipinski definition) is 5. The van der Waals surface area contributed by atoms with Crippen molar-refractivity contribution in [3.63, 3.8) is 0 Å². The maximum Gasteiger partial charge on any atom is 0.249 e. The lowest BCUT2D eigenvalue weighted by molar-refractivity contribution is -0.132. The Hall–Kier alpha value is -1.99. The molecule has 0 aliphatic heterocycles. The van der Waals surface area contributed by atoms with Crippen molar-refractivity contribution in [3.05, 3.63) is 60.8 Å². The molecule has 1 amide bonds. The molecule has 0 heterocycles. The van der Waals surface area contributed by atoms with Gasteiger partial charge in [-0.2, -0.15) is 0 Å². The molecule has 0 aromatic carbocycles. The molecule has 0 aromatic heterocycles. The standard InChI is InChI=1S/C56H103NO5/c1-3-5-7-9-11-13-15-17-19-21-23-24-25-26-27-28-29-30-31-32-34-36-38-40-42-44-46-48-50-54(60)56(62)57-52(51-58)55(61)53(59)49-47-45-43-41-39-37-35-33-22-20-18-16-14-12-10-8-6-4-2/h16,18,23-24,26-27,33,35,41,43,52-55,58-61H,3-15,17,19-22,25,28-32,34,36-40,42,44-51H2,1-2H3,(H,57,62)/b18-16+,24-23-,27-26-,35-33+,43-41+. The lowest BCUT2D eigenvalue weighted by Crippen LogP contribution is -2.53. The van der Waals surface area contributed by atoms with Crippen molar-refractivity contribution in [3.8, 4) is 0 Å². The fourth-order valence-corrected chi connectivity index (χ4v) is 7.94. The molecule has 0 aromatic rings. The van der Waals surface area contributed by atoms with Gasteiger partial charge in [0, 0.05) is 0 Å². The molecule has 0 fully saturated rings. The molecule has 0 saturated heterocycles. The SMILES string of the molecule is CCCCCCC/C=C/CC/C=C/CC/C=C/CCCC(O)C(O)C(CO)NC(=O)C(O)CCCCCCCCCCCCCC/C=C\C/C=C\CCCCCCCCCCC. The van der Waals surface area contributed by atoms with Gasteiger partial charge in [-0.3, -0.25) is 4.79 Å². The van der Waals surface area contributed by atoms with Crippen LogP contribution >= 0.6 is 0 Å². The molecular formula is C56H103NO5. The smallest absolute Gasteiger partial charge is 0.249 e. The van der Waals surface area contributed by atoms with E-state index in [1.165, 1.54) is 167 Å². The fourth-order valence-electron chi connectivity index (χ4n) is 7.94. The molecule has 362 valence electrons. The first-order valence-corrected chi connectivity index (χ1v) is 26.7. The van der Waals surface area contributed by atoms with Crippen LogP contribution in [0.15, 0.2) is 60.8 Å². The molecule has 4 unspecified atom stereocenters. The van der Waals surface area contributed by atoms with Gasteiger partial charge in [0.15, 0.2) is 0 Å². The number of carbonyl (C=O) groups excluding carboxylic acids is 1. The van der Waals surface area contributed by atoms with Crippen molar-refractivity contribution in [2.24, 2.45) is 0 Å². The number of hydrogen-bond acceptors (Lipinski definition) is 5. The third-order valence-electron chi connectivity index (χ3n) is 12.2. The van der Waals surface area contributed by atoms with E-state index >= 15 is 0 Å². The van der Waals surface area contributed by atoms with Gasteiger partial charge in [0.05, 0.1) is 18.8 Å².